The lowest BCUT2D eigenvalue weighted by molar-refractivity contribution is -0.139. The summed E-state index contributed by atoms with van der Waals surface area (Å²) in [4.78, 5) is 23.3. The van der Waals surface area contributed by atoms with Crippen LogP contribution in [-0.4, -0.2) is 37.5 Å². The molecule has 1 aromatic heterocycles. The molecule has 0 spiro atoms. The monoisotopic (exact) mass is 314 g/mol. The van der Waals surface area contributed by atoms with Gasteiger partial charge in [0.25, 0.3) is 5.91 Å². The number of aromatic nitrogens is 3. The number of benzene rings is 1. The molecule has 2 N–H and O–H groups in total. The summed E-state index contributed by atoms with van der Waals surface area (Å²) in [7, 11) is 0. The Balaban J connectivity index is 1.75. The molecule has 1 aliphatic rings. The number of rotatable bonds is 5. The fraction of sp³-hybridized carbons (Fsp3) is 0.375. The molecule has 1 fully saturated rings. The maximum atomic E-state index is 12.3. The largest absolute Gasteiger partial charge is 0.481 e. The van der Waals surface area contributed by atoms with Gasteiger partial charge in [-0.1, -0.05) is 17.3 Å². The third kappa shape index (κ3) is 3.23. The number of nitrogens with one attached hydrogen (secondary N) is 1. The van der Waals surface area contributed by atoms with E-state index in [0.717, 1.165) is 17.7 Å². The van der Waals surface area contributed by atoms with Crippen LogP contribution in [-0.2, 0) is 4.79 Å². The minimum Gasteiger partial charge on any atom is -0.481 e. The molecule has 7 nitrogen and oxygen atoms in total. The van der Waals surface area contributed by atoms with Crippen LogP contribution in [0.3, 0.4) is 0 Å². The zero-order valence-electron chi connectivity index (χ0n) is 12.8. The summed E-state index contributed by atoms with van der Waals surface area (Å²) >= 11 is 0. The molecule has 0 radical (unpaired) electrons. The second kappa shape index (κ2) is 5.83. The minimum atomic E-state index is -0.909. The van der Waals surface area contributed by atoms with E-state index in [0.29, 0.717) is 12.8 Å². The van der Waals surface area contributed by atoms with Gasteiger partial charge in [0.1, 0.15) is 0 Å². The molecule has 2 aromatic rings. The van der Waals surface area contributed by atoms with Gasteiger partial charge in [0.15, 0.2) is 5.69 Å². The first-order valence-electron chi connectivity index (χ1n) is 7.51. The summed E-state index contributed by atoms with van der Waals surface area (Å²) in [6.07, 6.45) is 3.76. The van der Waals surface area contributed by atoms with Gasteiger partial charge in [-0.3, -0.25) is 9.59 Å². The molecule has 1 heterocycles. The minimum absolute atomic E-state index is 0.0647. The van der Waals surface area contributed by atoms with E-state index in [1.807, 2.05) is 31.2 Å². The van der Waals surface area contributed by atoms with Crippen molar-refractivity contribution in [2.75, 3.05) is 0 Å². The van der Waals surface area contributed by atoms with Gasteiger partial charge in [0, 0.05) is 0 Å². The van der Waals surface area contributed by atoms with Crippen LogP contribution in [0.4, 0.5) is 0 Å². The second-order valence-corrected chi connectivity index (χ2v) is 6.05. The van der Waals surface area contributed by atoms with Gasteiger partial charge in [-0.05, 0) is 43.9 Å². The number of carbonyl (C=O) groups is 2. The van der Waals surface area contributed by atoms with Crippen molar-refractivity contribution < 1.29 is 14.7 Å². The zero-order chi connectivity index (χ0) is 16.4. The summed E-state index contributed by atoms with van der Waals surface area (Å²) < 4.78 is 1.53. The number of hydrogen-bond donors (Lipinski definition) is 2. The molecule has 0 aliphatic heterocycles. The van der Waals surface area contributed by atoms with Crippen LogP contribution in [0.25, 0.3) is 5.69 Å². The van der Waals surface area contributed by atoms with Crippen molar-refractivity contribution in [2.45, 2.75) is 38.1 Å². The van der Waals surface area contributed by atoms with Crippen molar-refractivity contribution in [3.05, 3.63) is 41.7 Å². The number of aryl methyl sites for hydroxylation is 1. The quantitative estimate of drug-likeness (QED) is 0.875. The second-order valence-electron chi connectivity index (χ2n) is 6.05. The van der Waals surface area contributed by atoms with Gasteiger partial charge >= 0.3 is 5.97 Å². The van der Waals surface area contributed by atoms with Gasteiger partial charge in [0.05, 0.1) is 23.8 Å². The van der Waals surface area contributed by atoms with Crippen molar-refractivity contribution in [2.24, 2.45) is 0 Å². The Bertz CT molecular complexity index is 749. The van der Waals surface area contributed by atoms with Gasteiger partial charge in [-0.15, -0.1) is 5.10 Å². The van der Waals surface area contributed by atoms with Crippen molar-refractivity contribution in [3.63, 3.8) is 0 Å². The van der Waals surface area contributed by atoms with Crippen LogP contribution in [0.5, 0.6) is 0 Å². The Morgan fingerprint density at radius 1 is 1.39 bits per heavy atom. The first kappa shape index (κ1) is 15.2. The van der Waals surface area contributed by atoms with Gasteiger partial charge in [-0.25, -0.2) is 4.68 Å². The number of hydrogen-bond acceptors (Lipinski definition) is 4. The predicted molar refractivity (Wildman–Crippen MR) is 82.4 cm³/mol. The van der Waals surface area contributed by atoms with E-state index >= 15 is 0 Å². The number of aliphatic carboxylic acids is 1. The summed E-state index contributed by atoms with van der Waals surface area (Å²) in [5, 5.41) is 19.7. The average Bonchev–Trinajstić information content (AvgIpc) is 2.94. The molecule has 7 heteroatoms. The fourth-order valence-electron chi connectivity index (χ4n) is 2.81. The molecule has 1 amide bonds. The predicted octanol–water partition coefficient (Wildman–Crippen LogP) is 1.70. The van der Waals surface area contributed by atoms with E-state index in [-0.39, 0.29) is 18.0 Å². The van der Waals surface area contributed by atoms with Crippen molar-refractivity contribution >= 4 is 11.9 Å². The lowest BCUT2D eigenvalue weighted by atomic mass is 9.74. The van der Waals surface area contributed by atoms with Gasteiger partial charge < -0.3 is 10.4 Å². The van der Waals surface area contributed by atoms with Crippen LogP contribution in [0.2, 0.25) is 0 Å². The van der Waals surface area contributed by atoms with Crippen LogP contribution < -0.4 is 5.32 Å². The molecule has 0 saturated heterocycles. The Morgan fingerprint density at radius 2 is 2.17 bits per heavy atom. The summed E-state index contributed by atoms with van der Waals surface area (Å²) in [5.41, 5.74) is 1.44. The Kier molecular flexibility index (Phi) is 3.85. The van der Waals surface area contributed by atoms with Crippen LogP contribution >= 0.6 is 0 Å². The number of nitrogens with zero attached hydrogens (tertiary/aromatic N) is 3. The van der Waals surface area contributed by atoms with E-state index in [2.05, 4.69) is 15.6 Å². The number of amides is 1. The number of carbonyl (C=O) groups excluding carboxylic acids is 1. The molecule has 3 rings (SSSR count). The molecular weight excluding hydrogens is 296 g/mol. The highest BCUT2D eigenvalue weighted by atomic mass is 16.4. The SMILES string of the molecule is Cc1cccc(-n2cc(C(=O)NC3(CC(=O)O)CCC3)nn2)c1. The van der Waals surface area contributed by atoms with E-state index in [1.54, 1.807) is 6.20 Å². The molecule has 120 valence electrons. The molecule has 1 saturated carbocycles. The number of carboxylic acid groups (broad SMARTS) is 1. The normalized spacial score (nSPS) is 15.7. The average molecular weight is 314 g/mol. The highest BCUT2D eigenvalue weighted by molar-refractivity contribution is 5.93. The molecule has 1 aromatic carbocycles. The number of carboxylic acids is 1. The van der Waals surface area contributed by atoms with E-state index in [1.165, 1.54) is 4.68 Å². The van der Waals surface area contributed by atoms with Crippen molar-refractivity contribution in [1.29, 1.82) is 0 Å². The highest BCUT2D eigenvalue weighted by Gasteiger charge is 2.40. The van der Waals surface area contributed by atoms with Crippen LogP contribution in [0, 0.1) is 6.92 Å². The smallest absolute Gasteiger partial charge is 0.305 e. The molecule has 0 atom stereocenters. The van der Waals surface area contributed by atoms with E-state index in [4.69, 9.17) is 5.11 Å². The first-order valence-corrected chi connectivity index (χ1v) is 7.51. The Hall–Kier alpha value is -2.70. The summed E-state index contributed by atoms with van der Waals surface area (Å²) in [6, 6.07) is 7.69. The summed E-state index contributed by atoms with van der Waals surface area (Å²) in [6.45, 7) is 1.97. The molecule has 23 heavy (non-hydrogen) atoms. The topological polar surface area (TPSA) is 97.1 Å². The van der Waals surface area contributed by atoms with Gasteiger partial charge in [0.2, 0.25) is 0 Å². The van der Waals surface area contributed by atoms with Crippen molar-refractivity contribution in [3.8, 4) is 5.69 Å². The van der Waals surface area contributed by atoms with E-state index in [9.17, 15) is 9.59 Å². The molecular formula is C16H18N4O3. The first-order chi connectivity index (χ1) is 11.0. The lowest BCUT2D eigenvalue weighted by Gasteiger charge is -2.41. The maximum Gasteiger partial charge on any atom is 0.305 e. The van der Waals surface area contributed by atoms with Crippen molar-refractivity contribution in [1.82, 2.24) is 20.3 Å². The zero-order valence-corrected chi connectivity index (χ0v) is 12.8. The highest BCUT2D eigenvalue weighted by Crippen LogP contribution is 2.35. The molecule has 0 unspecified atom stereocenters. The molecule has 0 bridgehead atoms. The fourth-order valence-corrected chi connectivity index (χ4v) is 2.81. The lowest BCUT2D eigenvalue weighted by Crippen LogP contribution is -2.54. The standard InChI is InChI=1S/C16H18N4O3/c1-11-4-2-5-12(8-11)20-10-13(18-19-20)15(23)17-16(6-3-7-16)9-14(21)22/h2,4-5,8,10H,3,6-7,9H2,1H3,(H,17,23)(H,21,22). The maximum absolute atomic E-state index is 12.3. The van der Waals surface area contributed by atoms with Crippen LogP contribution in [0.15, 0.2) is 30.5 Å². The Morgan fingerprint density at radius 3 is 2.78 bits per heavy atom. The molecule has 1 aliphatic carbocycles. The third-order valence-electron chi connectivity index (χ3n) is 4.17. The summed E-state index contributed by atoms with van der Waals surface area (Å²) in [5.74, 6) is -1.29. The van der Waals surface area contributed by atoms with Gasteiger partial charge in [-0.2, -0.15) is 0 Å². The Labute approximate surface area is 133 Å². The third-order valence-corrected chi connectivity index (χ3v) is 4.17. The van der Waals surface area contributed by atoms with E-state index < -0.39 is 11.5 Å². The van der Waals surface area contributed by atoms with Crippen LogP contribution in [0.1, 0.15) is 41.7 Å².